The molecule has 1 saturated heterocycles. The minimum atomic E-state index is -0.710. The van der Waals surface area contributed by atoms with Gasteiger partial charge in [0.25, 0.3) is 0 Å². The van der Waals surface area contributed by atoms with E-state index in [1.165, 1.54) is 0 Å². The summed E-state index contributed by atoms with van der Waals surface area (Å²) in [6, 6.07) is 0.0926. The molecule has 6 nitrogen and oxygen atoms in total. The summed E-state index contributed by atoms with van der Waals surface area (Å²) in [5.41, 5.74) is -0.493. The quantitative estimate of drug-likeness (QED) is 0.788. The van der Waals surface area contributed by atoms with Gasteiger partial charge >= 0.3 is 6.09 Å². The Kier molecular flexibility index (Phi) is 4.40. The molecule has 3 aliphatic rings. The van der Waals surface area contributed by atoms with Gasteiger partial charge in [0, 0.05) is 12.5 Å². The summed E-state index contributed by atoms with van der Waals surface area (Å²) in [7, 11) is 0. The Morgan fingerprint density at radius 3 is 2.57 bits per heavy atom. The Morgan fingerprint density at radius 2 is 1.96 bits per heavy atom. The van der Waals surface area contributed by atoms with Gasteiger partial charge in [-0.3, -0.25) is 0 Å². The van der Waals surface area contributed by atoms with Crippen molar-refractivity contribution in [1.29, 1.82) is 0 Å². The fourth-order valence-electron chi connectivity index (χ4n) is 4.41. The maximum atomic E-state index is 12.0. The molecule has 1 N–H and O–H groups in total. The van der Waals surface area contributed by atoms with Crippen molar-refractivity contribution in [2.75, 3.05) is 13.2 Å². The first kappa shape index (κ1) is 16.7. The molecule has 4 atom stereocenters. The van der Waals surface area contributed by atoms with Crippen LogP contribution in [0.3, 0.4) is 0 Å². The van der Waals surface area contributed by atoms with E-state index in [2.05, 4.69) is 5.32 Å². The van der Waals surface area contributed by atoms with Crippen molar-refractivity contribution in [1.82, 2.24) is 5.32 Å². The van der Waals surface area contributed by atoms with Gasteiger partial charge in [-0.05, 0) is 51.9 Å². The summed E-state index contributed by atoms with van der Waals surface area (Å²) in [6.45, 7) is 6.68. The van der Waals surface area contributed by atoms with Gasteiger partial charge in [-0.1, -0.05) is 0 Å². The topological polar surface area (TPSA) is 73.9 Å². The molecule has 3 rings (SSSR count). The SMILES string of the molecule is CC(C)(C)OC(=O)NC1CC[C@@H]2[C@H](C1)CC1(OCCO1)[C@H]2C=O. The highest BCUT2D eigenvalue weighted by atomic mass is 16.7. The zero-order chi connectivity index (χ0) is 16.7. The largest absolute Gasteiger partial charge is 0.444 e. The highest BCUT2D eigenvalue weighted by Gasteiger charge is 2.58. The number of carbonyl (C=O) groups is 2. The van der Waals surface area contributed by atoms with Crippen LogP contribution in [0.2, 0.25) is 0 Å². The lowest BCUT2D eigenvalue weighted by Crippen LogP contribution is -2.43. The summed E-state index contributed by atoms with van der Waals surface area (Å²) in [4.78, 5) is 23.5. The zero-order valence-electron chi connectivity index (χ0n) is 14.2. The van der Waals surface area contributed by atoms with Crippen molar-refractivity contribution in [3.63, 3.8) is 0 Å². The number of nitrogens with one attached hydrogen (secondary N) is 1. The molecule has 2 aliphatic carbocycles. The van der Waals surface area contributed by atoms with Crippen molar-refractivity contribution in [2.45, 2.75) is 63.9 Å². The van der Waals surface area contributed by atoms with Crippen molar-refractivity contribution in [3.05, 3.63) is 0 Å². The molecule has 3 fully saturated rings. The number of hydrogen-bond donors (Lipinski definition) is 1. The highest BCUT2D eigenvalue weighted by Crippen LogP contribution is 2.53. The van der Waals surface area contributed by atoms with E-state index in [9.17, 15) is 9.59 Å². The standard InChI is InChI=1S/C17H27NO5/c1-16(2,3)23-15(20)18-12-4-5-13-11(8-12)9-17(14(13)10-19)21-6-7-22-17/h10-14H,4-9H2,1-3H3,(H,18,20)/t11-,12?,13-,14+/m1/s1. The molecular weight excluding hydrogens is 298 g/mol. The molecule has 23 heavy (non-hydrogen) atoms. The van der Waals surface area contributed by atoms with Gasteiger partial charge in [-0.15, -0.1) is 0 Å². The first-order valence-corrected chi connectivity index (χ1v) is 8.56. The lowest BCUT2D eigenvalue weighted by molar-refractivity contribution is -0.184. The number of amides is 1. The van der Waals surface area contributed by atoms with E-state index in [1.54, 1.807) is 0 Å². The Morgan fingerprint density at radius 1 is 1.26 bits per heavy atom. The van der Waals surface area contributed by atoms with E-state index >= 15 is 0 Å². The molecule has 0 aromatic carbocycles. The second-order valence-corrected chi connectivity index (χ2v) is 7.95. The maximum Gasteiger partial charge on any atom is 0.407 e. The van der Waals surface area contributed by atoms with Crippen LogP contribution >= 0.6 is 0 Å². The zero-order valence-corrected chi connectivity index (χ0v) is 14.2. The normalized spacial score (nSPS) is 35.8. The van der Waals surface area contributed by atoms with Crippen molar-refractivity contribution in [3.8, 4) is 0 Å². The fourth-order valence-corrected chi connectivity index (χ4v) is 4.41. The van der Waals surface area contributed by atoms with Crippen LogP contribution < -0.4 is 5.32 Å². The van der Waals surface area contributed by atoms with Crippen LogP contribution in [-0.2, 0) is 19.0 Å². The summed E-state index contributed by atoms with van der Waals surface area (Å²) in [5.74, 6) is -0.255. The van der Waals surface area contributed by atoms with Gasteiger partial charge in [-0.2, -0.15) is 0 Å². The van der Waals surface area contributed by atoms with E-state index in [-0.39, 0.29) is 18.1 Å². The molecule has 0 aromatic rings. The van der Waals surface area contributed by atoms with E-state index in [0.717, 1.165) is 32.0 Å². The second kappa shape index (κ2) is 6.06. The number of rotatable bonds is 2. The molecule has 1 heterocycles. The van der Waals surface area contributed by atoms with Gasteiger partial charge in [0.15, 0.2) is 5.79 Å². The van der Waals surface area contributed by atoms with Crippen LogP contribution in [0.5, 0.6) is 0 Å². The molecule has 0 radical (unpaired) electrons. The summed E-state index contributed by atoms with van der Waals surface area (Å²) >= 11 is 0. The lowest BCUT2D eigenvalue weighted by Gasteiger charge is -2.33. The van der Waals surface area contributed by atoms with Gasteiger partial charge < -0.3 is 24.3 Å². The van der Waals surface area contributed by atoms with Crippen LogP contribution in [0.15, 0.2) is 0 Å². The Bertz CT molecular complexity index is 466. The van der Waals surface area contributed by atoms with Crippen LogP contribution in [0.4, 0.5) is 4.79 Å². The van der Waals surface area contributed by atoms with E-state index in [4.69, 9.17) is 14.2 Å². The first-order valence-electron chi connectivity index (χ1n) is 8.56. The van der Waals surface area contributed by atoms with E-state index in [1.807, 2.05) is 20.8 Å². The third kappa shape index (κ3) is 3.38. The van der Waals surface area contributed by atoms with E-state index < -0.39 is 11.4 Å². The Labute approximate surface area is 137 Å². The molecule has 130 valence electrons. The number of hydrogen-bond acceptors (Lipinski definition) is 5. The molecule has 1 spiro atoms. The molecular formula is C17H27NO5. The average molecular weight is 325 g/mol. The number of carbonyl (C=O) groups excluding carboxylic acids is 2. The summed E-state index contributed by atoms with van der Waals surface area (Å²) in [6.07, 6.45) is 4.01. The van der Waals surface area contributed by atoms with Gasteiger partial charge in [0.1, 0.15) is 11.9 Å². The highest BCUT2D eigenvalue weighted by molar-refractivity contribution is 5.68. The minimum absolute atomic E-state index is 0.0926. The molecule has 1 aliphatic heterocycles. The molecule has 0 aromatic heterocycles. The summed E-state index contributed by atoms with van der Waals surface area (Å²) in [5, 5.41) is 2.97. The second-order valence-electron chi connectivity index (χ2n) is 7.95. The third-order valence-electron chi connectivity index (χ3n) is 5.20. The predicted molar refractivity (Wildman–Crippen MR) is 82.8 cm³/mol. The molecule has 0 bridgehead atoms. The minimum Gasteiger partial charge on any atom is -0.444 e. The number of aldehydes is 1. The molecule has 6 heteroatoms. The lowest BCUT2D eigenvalue weighted by atomic mass is 9.76. The van der Waals surface area contributed by atoms with Crippen LogP contribution in [0, 0.1) is 17.8 Å². The van der Waals surface area contributed by atoms with Crippen LogP contribution in [-0.4, -0.2) is 43.0 Å². The number of ether oxygens (including phenoxy) is 3. The number of alkyl carbamates (subject to hydrolysis) is 1. The van der Waals surface area contributed by atoms with Crippen LogP contribution in [0.25, 0.3) is 0 Å². The number of fused-ring (bicyclic) bond motifs is 1. The first-order chi connectivity index (χ1) is 10.8. The average Bonchev–Trinajstić information content (AvgIpc) is 3.00. The van der Waals surface area contributed by atoms with Gasteiger partial charge in [0.2, 0.25) is 0 Å². The third-order valence-corrected chi connectivity index (χ3v) is 5.20. The molecule has 1 amide bonds. The van der Waals surface area contributed by atoms with Crippen LogP contribution in [0.1, 0.15) is 46.5 Å². The smallest absolute Gasteiger partial charge is 0.407 e. The Hall–Kier alpha value is -1.14. The monoisotopic (exact) mass is 325 g/mol. The fraction of sp³-hybridized carbons (Fsp3) is 0.882. The van der Waals surface area contributed by atoms with Crippen molar-refractivity contribution in [2.24, 2.45) is 17.8 Å². The van der Waals surface area contributed by atoms with Gasteiger partial charge in [0.05, 0.1) is 19.1 Å². The predicted octanol–water partition coefficient (Wildman–Crippen LogP) is 2.26. The summed E-state index contributed by atoms with van der Waals surface area (Å²) < 4.78 is 17.0. The van der Waals surface area contributed by atoms with Gasteiger partial charge in [-0.25, -0.2) is 4.79 Å². The molecule has 2 saturated carbocycles. The molecule has 1 unspecified atom stereocenters. The Balaban J connectivity index is 1.61. The van der Waals surface area contributed by atoms with Crippen molar-refractivity contribution >= 4 is 12.4 Å². The van der Waals surface area contributed by atoms with E-state index in [0.29, 0.717) is 25.0 Å². The maximum absolute atomic E-state index is 12.0. The van der Waals surface area contributed by atoms with Crippen molar-refractivity contribution < 1.29 is 23.8 Å².